The van der Waals surface area contributed by atoms with E-state index < -0.39 is 11.4 Å². The van der Waals surface area contributed by atoms with Crippen LogP contribution in [0.25, 0.3) is 11.0 Å². The van der Waals surface area contributed by atoms with E-state index in [1.165, 1.54) is 16.3 Å². The molecule has 0 atom stereocenters. The van der Waals surface area contributed by atoms with Gasteiger partial charge in [-0.2, -0.15) is 4.98 Å². The summed E-state index contributed by atoms with van der Waals surface area (Å²) in [6.45, 7) is 3.98. The third-order valence-electron chi connectivity index (χ3n) is 6.02. The van der Waals surface area contributed by atoms with Crippen molar-refractivity contribution in [2.75, 3.05) is 36.4 Å². The van der Waals surface area contributed by atoms with Crippen molar-refractivity contribution in [3.8, 4) is 0 Å². The fourth-order valence-electron chi connectivity index (χ4n) is 4.46. The van der Waals surface area contributed by atoms with Gasteiger partial charge in [0.1, 0.15) is 5.65 Å². The Morgan fingerprint density at radius 3 is 2.52 bits per heavy atom. The Hall–Kier alpha value is -2.71. The standard InChI is InChI=1S/C22H25FN6O.ClH/c23-19-13-15-14-25-22(27-20(15)29(21(19)30)18-3-1-2-4-18)26-16-5-7-17(8-6-16)28-11-9-24-10-12-28;/h5-8,13-14,18,24H,1-4,9-12H2,(H,25,26,27);1H. The summed E-state index contributed by atoms with van der Waals surface area (Å²) in [7, 11) is 0. The highest BCUT2D eigenvalue weighted by Crippen LogP contribution is 2.31. The molecule has 2 aromatic heterocycles. The Morgan fingerprint density at radius 2 is 1.81 bits per heavy atom. The van der Waals surface area contributed by atoms with Gasteiger partial charge in [0.15, 0.2) is 5.82 Å². The molecule has 2 fully saturated rings. The minimum Gasteiger partial charge on any atom is -0.369 e. The van der Waals surface area contributed by atoms with Crippen molar-refractivity contribution >= 4 is 40.8 Å². The molecular formula is C22H26ClFN6O. The van der Waals surface area contributed by atoms with Crippen LogP contribution in [0.3, 0.4) is 0 Å². The lowest BCUT2D eigenvalue weighted by molar-refractivity contribution is 0.489. The van der Waals surface area contributed by atoms with Crippen LogP contribution in [0, 0.1) is 5.82 Å². The van der Waals surface area contributed by atoms with Crippen LogP contribution >= 0.6 is 12.4 Å². The summed E-state index contributed by atoms with van der Waals surface area (Å²) in [6, 6.07) is 9.39. The number of aromatic nitrogens is 3. The van der Waals surface area contributed by atoms with E-state index in [4.69, 9.17) is 0 Å². The Kier molecular flexibility index (Phi) is 6.38. The number of hydrogen-bond acceptors (Lipinski definition) is 6. The Balaban J connectivity index is 0.00000231. The first-order chi connectivity index (χ1) is 14.7. The predicted molar refractivity (Wildman–Crippen MR) is 123 cm³/mol. The molecule has 164 valence electrons. The number of rotatable bonds is 4. The monoisotopic (exact) mass is 444 g/mol. The van der Waals surface area contributed by atoms with Crippen molar-refractivity contribution in [2.24, 2.45) is 0 Å². The molecule has 0 amide bonds. The lowest BCUT2D eigenvalue weighted by atomic mass is 10.2. The topological polar surface area (TPSA) is 75.1 Å². The summed E-state index contributed by atoms with van der Waals surface area (Å²) in [5, 5.41) is 7.11. The highest BCUT2D eigenvalue weighted by molar-refractivity contribution is 5.85. The third kappa shape index (κ3) is 4.36. The molecule has 1 saturated carbocycles. The van der Waals surface area contributed by atoms with Crippen molar-refractivity contribution < 1.29 is 4.39 Å². The smallest absolute Gasteiger partial charge is 0.288 e. The molecule has 1 aliphatic carbocycles. The minimum atomic E-state index is -0.748. The zero-order chi connectivity index (χ0) is 20.5. The maximum absolute atomic E-state index is 14.2. The maximum atomic E-state index is 14.2. The maximum Gasteiger partial charge on any atom is 0.288 e. The molecule has 0 spiro atoms. The van der Waals surface area contributed by atoms with Crippen LogP contribution in [-0.2, 0) is 0 Å². The van der Waals surface area contributed by atoms with Crippen LogP contribution in [0.4, 0.5) is 21.7 Å². The van der Waals surface area contributed by atoms with Crippen LogP contribution in [-0.4, -0.2) is 40.7 Å². The van der Waals surface area contributed by atoms with Crippen LogP contribution in [0.15, 0.2) is 41.3 Å². The van der Waals surface area contributed by atoms with Crippen molar-refractivity contribution in [3.63, 3.8) is 0 Å². The third-order valence-corrected chi connectivity index (χ3v) is 6.02. The molecule has 3 heterocycles. The average molecular weight is 445 g/mol. The Morgan fingerprint density at radius 1 is 1.10 bits per heavy atom. The van der Waals surface area contributed by atoms with Gasteiger partial charge in [-0.3, -0.25) is 9.36 Å². The normalized spacial score (nSPS) is 17.0. The molecule has 2 aliphatic rings. The summed E-state index contributed by atoms with van der Waals surface area (Å²) >= 11 is 0. The molecular weight excluding hydrogens is 419 g/mol. The average Bonchev–Trinajstić information content (AvgIpc) is 3.30. The number of fused-ring (bicyclic) bond motifs is 1. The highest BCUT2D eigenvalue weighted by Gasteiger charge is 2.22. The van der Waals surface area contributed by atoms with Gasteiger partial charge in [0.05, 0.1) is 0 Å². The number of pyridine rings is 1. The quantitative estimate of drug-likeness (QED) is 0.640. The van der Waals surface area contributed by atoms with E-state index in [1.807, 2.05) is 12.1 Å². The summed E-state index contributed by atoms with van der Waals surface area (Å²) in [6.07, 6.45) is 5.42. The van der Waals surface area contributed by atoms with Gasteiger partial charge in [-0.25, -0.2) is 9.37 Å². The van der Waals surface area contributed by atoms with E-state index in [0.717, 1.165) is 57.5 Å². The number of nitrogens with zero attached hydrogens (tertiary/aromatic N) is 4. The van der Waals surface area contributed by atoms with Gasteiger partial charge in [-0.05, 0) is 43.2 Å². The lowest BCUT2D eigenvalue weighted by Crippen LogP contribution is -2.43. The Bertz CT molecular complexity index is 1110. The molecule has 7 nitrogen and oxygen atoms in total. The molecule has 1 aliphatic heterocycles. The first-order valence-corrected chi connectivity index (χ1v) is 10.6. The summed E-state index contributed by atoms with van der Waals surface area (Å²) < 4.78 is 15.7. The molecule has 31 heavy (non-hydrogen) atoms. The number of hydrogen-bond donors (Lipinski definition) is 2. The zero-order valence-electron chi connectivity index (χ0n) is 17.2. The van der Waals surface area contributed by atoms with Crippen molar-refractivity contribution in [1.29, 1.82) is 0 Å². The molecule has 1 saturated heterocycles. The molecule has 0 radical (unpaired) electrons. The fourth-order valence-corrected chi connectivity index (χ4v) is 4.46. The van der Waals surface area contributed by atoms with Gasteiger partial charge in [-0.1, -0.05) is 12.8 Å². The second-order valence-electron chi connectivity index (χ2n) is 7.99. The van der Waals surface area contributed by atoms with Crippen LogP contribution in [0.2, 0.25) is 0 Å². The van der Waals surface area contributed by atoms with Crippen molar-refractivity contribution in [3.05, 3.63) is 52.7 Å². The van der Waals surface area contributed by atoms with E-state index >= 15 is 0 Å². The minimum absolute atomic E-state index is 0. The van der Waals surface area contributed by atoms with Crippen LogP contribution < -0.4 is 21.1 Å². The highest BCUT2D eigenvalue weighted by atomic mass is 35.5. The van der Waals surface area contributed by atoms with E-state index in [0.29, 0.717) is 17.0 Å². The second-order valence-corrected chi connectivity index (χ2v) is 7.99. The van der Waals surface area contributed by atoms with Gasteiger partial charge < -0.3 is 15.5 Å². The summed E-state index contributed by atoms with van der Waals surface area (Å²) in [4.78, 5) is 23.8. The molecule has 9 heteroatoms. The summed E-state index contributed by atoms with van der Waals surface area (Å²) in [5.41, 5.74) is 1.94. The number of benzene rings is 1. The molecule has 2 N–H and O–H groups in total. The van der Waals surface area contributed by atoms with Gasteiger partial charge >= 0.3 is 0 Å². The van der Waals surface area contributed by atoms with Crippen molar-refractivity contribution in [1.82, 2.24) is 19.9 Å². The Labute approximate surface area is 186 Å². The van der Waals surface area contributed by atoms with E-state index in [2.05, 4.69) is 37.6 Å². The number of nitrogens with one attached hydrogen (secondary N) is 2. The fraction of sp³-hybridized carbons (Fsp3) is 0.409. The molecule has 5 rings (SSSR count). The van der Waals surface area contributed by atoms with Gasteiger partial charge in [-0.15, -0.1) is 12.4 Å². The van der Waals surface area contributed by atoms with E-state index in [1.54, 1.807) is 6.20 Å². The van der Waals surface area contributed by atoms with Crippen LogP contribution in [0.5, 0.6) is 0 Å². The number of halogens is 2. The molecule has 0 unspecified atom stereocenters. The van der Waals surface area contributed by atoms with Gasteiger partial charge in [0.2, 0.25) is 5.95 Å². The first-order valence-electron chi connectivity index (χ1n) is 10.6. The first kappa shape index (κ1) is 21.5. The SMILES string of the molecule is Cl.O=c1c(F)cc2cnc(Nc3ccc(N4CCNCC4)cc3)nc2n1C1CCCC1. The number of piperazine rings is 1. The molecule has 3 aromatic rings. The second kappa shape index (κ2) is 9.20. The van der Waals surface area contributed by atoms with Gasteiger partial charge in [0, 0.05) is 55.2 Å². The molecule has 0 bridgehead atoms. The lowest BCUT2D eigenvalue weighted by Gasteiger charge is -2.29. The summed E-state index contributed by atoms with van der Waals surface area (Å²) in [5.74, 6) is -0.350. The van der Waals surface area contributed by atoms with Crippen LogP contribution in [0.1, 0.15) is 31.7 Å². The van der Waals surface area contributed by atoms with E-state index in [-0.39, 0.29) is 18.4 Å². The van der Waals surface area contributed by atoms with Gasteiger partial charge in [0.25, 0.3) is 5.56 Å². The predicted octanol–water partition coefficient (Wildman–Crippen LogP) is 3.62. The van der Waals surface area contributed by atoms with Crippen molar-refractivity contribution in [2.45, 2.75) is 31.7 Å². The van der Waals surface area contributed by atoms with E-state index in [9.17, 15) is 9.18 Å². The number of anilines is 3. The molecule has 1 aromatic carbocycles. The zero-order valence-corrected chi connectivity index (χ0v) is 18.0. The largest absolute Gasteiger partial charge is 0.369 e.